The van der Waals surface area contributed by atoms with Crippen molar-refractivity contribution in [2.75, 3.05) is 0 Å². The Kier molecular flexibility index (Phi) is 4.70. The van der Waals surface area contributed by atoms with Crippen LogP contribution in [-0.2, 0) is 4.79 Å². The van der Waals surface area contributed by atoms with E-state index in [1.165, 1.54) is 0 Å². The maximum atomic E-state index is 12.6. The van der Waals surface area contributed by atoms with Crippen LogP contribution in [0.5, 0.6) is 0 Å². The van der Waals surface area contributed by atoms with Crippen LogP contribution in [0.15, 0.2) is 30.3 Å². The van der Waals surface area contributed by atoms with Gasteiger partial charge in [-0.2, -0.15) is 0 Å². The molecule has 2 amide bonds. The Morgan fingerprint density at radius 1 is 1.27 bits per heavy atom. The summed E-state index contributed by atoms with van der Waals surface area (Å²) in [5, 5.41) is 7.39. The largest absolute Gasteiger partial charge is 0.353 e. The third kappa shape index (κ3) is 3.35. The Hall–Kier alpha value is -2.30. The van der Waals surface area contributed by atoms with Gasteiger partial charge in [0, 0.05) is 29.4 Å². The molecule has 26 heavy (non-hydrogen) atoms. The number of fused-ring (bicyclic) bond motifs is 2. The maximum Gasteiger partial charge on any atom is 0.267 e. The lowest BCUT2D eigenvalue weighted by Crippen LogP contribution is -2.55. The number of carbonyl (C=O) groups is 2. The Morgan fingerprint density at radius 3 is 2.92 bits per heavy atom. The van der Waals surface area contributed by atoms with E-state index in [1.807, 2.05) is 30.3 Å². The quantitative estimate of drug-likeness (QED) is 0.788. The predicted molar refractivity (Wildman–Crippen MR) is 102 cm³/mol. The summed E-state index contributed by atoms with van der Waals surface area (Å²) in [6.45, 7) is 2.19. The van der Waals surface area contributed by atoms with Crippen molar-refractivity contribution in [3.63, 3.8) is 0 Å². The Bertz CT molecular complexity index is 779. The van der Waals surface area contributed by atoms with Crippen molar-refractivity contribution < 1.29 is 9.59 Å². The molecule has 5 heteroatoms. The number of para-hydroxylation sites is 1. The smallest absolute Gasteiger partial charge is 0.267 e. The molecule has 4 atom stereocenters. The van der Waals surface area contributed by atoms with Crippen LogP contribution in [0.1, 0.15) is 55.9 Å². The molecule has 2 fully saturated rings. The van der Waals surface area contributed by atoms with Crippen LogP contribution in [-0.4, -0.2) is 28.9 Å². The van der Waals surface area contributed by atoms with Gasteiger partial charge in [-0.25, -0.2) is 0 Å². The van der Waals surface area contributed by atoms with Gasteiger partial charge in [-0.15, -0.1) is 0 Å². The van der Waals surface area contributed by atoms with Crippen molar-refractivity contribution in [3.05, 3.63) is 36.0 Å². The number of hydrogen-bond donors (Lipinski definition) is 3. The first-order valence-electron chi connectivity index (χ1n) is 9.82. The number of nitrogens with one attached hydrogen (secondary N) is 3. The lowest BCUT2D eigenvalue weighted by molar-refractivity contribution is -0.127. The van der Waals surface area contributed by atoms with E-state index in [4.69, 9.17) is 0 Å². The van der Waals surface area contributed by atoms with Gasteiger partial charge in [-0.05, 0) is 49.7 Å². The predicted octanol–water partition coefficient (Wildman–Crippen LogP) is 3.37. The molecule has 1 aromatic heterocycles. The van der Waals surface area contributed by atoms with Crippen LogP contribution in [0.4, 0.5) is 0 Å². The molecule has 2 heterocycles. The zero-order valence-corrected chi connectivity index (χ0v) is 15.3. The Labute approximate surface area is 153 Å². The molecule has 2 aromatic rings. The normalized spacial score (nSPS) is 28.4. The number of carbonyl (C=O) groups excluding carboxylic acids is 2. The number of aromatic amines is 1. The minimum Gasteiger partial charge on any atom is -0.353 e. The summed E-state index contributed by atoms with van der Waals surface area (Å²) in [7, 11) is 0. The lowest BCUT2D eigenvalue weighted by Gasteiger charge is -2.44. The third-order valence-corrected chi connectivity index (χ3v) is 6.07. The highest BCUT2D eigenvalue weighted by Gasteiger charge is 2.40. The van der Waals surface area contributed by atoms with Crippen molar-refractivity contribution in [2.24, 2.45) is 11.8 Å². The van der Waals surface area contributed by atoms with E-state index in [9.17, 15) is 9.59 Å². The molecule has 4 rings (SSSR count). The van der Waals surface area contributed by atoms with Crippen LogP contribution in [0.2, 0.25) is 0 Å². The molecule has 1 saturated heterocycles. The summed E-state index contributed by atoms with van der Waals surface area (Å²) in [5.41, 5.74) is 1.58. The van der Waals surface area contributed by atoms with Crippen LogP contribution in [0.25, 0.3) is 10.9 Å². The third-order valence-electron chi connectivity index (χ3n) is 6.07. The summed E-state index contributed by atoms with van der Waals surface area (Å²) in [4.78, 5) is 27.9. The first-order valence-corrected chi connectivity index (χ1v) is 9.82. The summed E-state index contributed by atoms with van der Waals surface area (Å²) >= 11 is 0. The van der Waals surface area contributed by atoms with Gasteiger partial charge in [0.15, 0.2) is 0 Å². The minimum absolute atomic E-state index is 0.0584. The first-order chi connectivity index (χ1) is 12.6. The molecule has 4 unspecified atom stereocenters. The van der Waals surface area contributed by atoms with Gasteiger partial charge < -0.3 is 15.6 Å². The van der Waals surface area contributed by atoms with Gasteiger partial charge >= 0.3 is 0 Å². The minimum atomic E-state index is -0.0584. The van der Waals surface area contributed by atoms with Crippen molar-refractivity contribution >= 4 is 22.7 Å². The van der Waals surface area contributed by atoms with Crippen molar-refractivity contribution in [2.45, 2.75) is 57.5 Å². The molecule has 2 aliphatic rings. The molecule has 0 radical (unpaired) electrons. The highest BCUT2D eigenvalue weighted by Crippen LogP contribution is 2.37. The fourth-order valence-corrected chi connectivity index (χ4v) is 4.86. The van der Waals surface area contributed by atoms with Crippen LogP contribution < -0.4 is 10.6 Å². The van der Waals surface area contributed by atoms with Crippen molar-refractivity contribution in [1.82, 2.24) is 15.6 Å². The lowest BCUT2D eigenvalue weighted by atomic mass is 9.70. The molecule has 1 aliphatic heterocycles. The van der Waals surface area contributed by atoms with E-state index in [-0.39, 0.29) is 23.9 Å². The molecule has 5 nitrogen and oxygen atoms in total. The summed E-state index contributed by atoms with van der Waals surface area (Å²) in [6, 6.07) is 10.1. The topological polar surface area (TPSA) is 74.0 Å². The van der Waals surface area contributed by atoms with Gasteiger partial charge in [-0.1, -0.05) is 31.5 Å². The van der Waals surface area contributed by atoms with Gasteiger partial charge in [0.2, 0.25) is 5.91 Å². The number of benzene rings is 1. The number of hydrogen-bond acceptors (Lipinski definition) is 2. The number of piperidine rings is 1. The van der Waals surface area contributed by atoms with E-state index in [2.05, 4.69) is 22.5 Å². The zero-order valence-electron chi connectivity index (χ0n) is 15.3. The summed E-state index contributed by atoms with van der Waals surface area (Å²) in [5.74, 6) is 1.18. The van der Waals surface area contributed by atoms with Crippen molar-refractivity contribution in [1.29, 1.82) is 0 Å². The number of aromatic nitrogens is 1. The monoisotopic (exact) mass is 353 g/mol. The SMILES string of the molecule is CCCC1CC(=O)NC2CC(NC(=O)c3cc4ccccc4[nH]3)CCC12. The molecule has 1 aromatic carbocycles. The summed E-state index contributed by atoms with van der Waals surface area (Å²) in [6.07, 6.45) is 5.82. The molecule has 3 N–H and O–H groups in total. The second-order valence-corrected chi connectivity index (χ2v) is 7.84. The fraction of sp³-hybridized carbons (Fsp3) is 0.524. The van der Waals surface area contributed by atoms with Gasteiger partial charge in [0.1, 0.15) is 5.69 Å². The molecular formula is C21H27N3O2. The van der Waals surface area contributed by atoms with Crippen LogP contribution >= 0.6 is 0 Å². The zero-order chi connectivity index (χ0) is 18.1. The van der Waals surface area contributed by atoms with E-state index in [1.54, 1.807) is 0 Å². The van der Waals surface area contributed by atoms with Gasteiger partial charge in [-0.3, -0.25) is 9.59 Å². The average molecular weight is 353 g/mol. The molecule has 138 valence electrons. The molecule has 1 aliphatic carbocycles. The van der Waals surface area contributed by atoms with Crippen molar-refractivity contribution in [3.8, 4) is 0 Å². The number of H-pyrrole nitrogens is 1. The van der Waals surface area contributed by atoms with Crippen LogP contribution in [0, 0.1) is 11.8 Å². The molecule has 0 spiro atoms. The maximum absolute atomic E-state index is 12.6. The van der Waals surface area contributed by atoms with Crippen LogP contribution in [0.3, 0.4) is 0 Å². The summed E-state index contributed by atoms with van der Waals surface area (Å²) < 4.78 is 0. The van der Waals surface area contributed by atoms with Gasteiger partial charge in [0.05, 0.1) is 0 Å². The van der Waals surface area contributed by atoms with E-state index in [0.717, 1.165) is 43.0 Å². The number of rotatable bonds is 4. The molecule has 1 saturated carbocycles. The highest BCUT2D eigenvalue weighted by molar-refractivity contribution is 5.98. The van der Waals surface area contributed by atoms with Gasteiger partial charge in [0.25, 0.3) is 5.91 Å². The molecule has 0 bridgehead atoms. The van der Waals surface area contributed by atoms with E-state index >= 15 is 0 Å². The number of amides is 2. The second kappa shape index (κ2) is 7.14. The Balaban J connectivity index is 1.41. The second-order valence-electron chi connectivity index (χ2n) is 7.84. The fourth-order valence-electron chi connectivity index (χ4n) is 4.86. The van der Waals surface area contributed by atoms with E-state index in [0.29, 0.717) is 24.0 Å². The average Bonchev–Trinajstić information content (AvgIpc) is 3.06. The standard InChI is InChI=1S/C21H27N3O2/c1-2-5-13-11-20(25)24-18-12-15(8-9-16(13)18)22-21(26)19-10-14-6-3-4-7-17(14)23-19/h3-4,6-7,10,13,15-16,18,23H,2,5,8-9,11-12H2,1H3,(H,22,26)(H,24,25). The molecular weight excluding hydrogens is 326 g/mol. The first kappa shape index (κ1) is 17.1. The highest BCUT2D eigenvalue weighted by atomic mass is 16.2. The Morgan fingerprint density at radius 2 is 2.12 bits per heavy atom. The van der Waals surface area contributed by atoms with E-state index < -0.39 is 0 Å².